The van der Waals surface area contributed by atoms with Gasteiger partial charge in [-0.2, -0.15) is 0 Å². The summed E-state index contributed by atoms with van der Waals surface area (Å²) in [6, 6.07) is 9.36. The highest BCUT2D eigenvalue weighted by Gasteiger charge is 2.20. The Bertz CT molecular complexity index is 858. The number of nitrogens with zero attached hydrogens (tertiary/aromatic N) is 2. The maximum Gasteiger partial charge on any atom is 0.329 e. The third kappa shape index (κ3) is 4.82. The molecule has 0 bridgehead atoms. The van der Waals surface area contributed by atoms with E-state index >= 15 is 0 Å². The molecule has 8 nitrogen and oxygen atoms in total. The molecule has 0 fully saturated rings. The second-order valence-corrected chi connectivity index (χ2v) is 5.99. The summed E-state index contributed by atoms with van der Waals surface area (Å²) in [6.07, 6.45) is 0.653. The highest BCUT2D eigenvalue weighted by Crippen LogP contribution is 2.09. The summed E-state index contributed by atoms with van der Waals surface area (Å²) >= 11 is 0. The number of H-pyrrole nitrogens is 1. The average Bonchev–Trinajstić information content (AvgIpc) is 2.59. The van der Waals surface area contributed by atoms with Crippen molar-refractivity contribution in [1.82, 2.24) is 14.5 Å². The fourth-order valence-electron chi connectivity index (χ4n) is 2.54. The number of Topliss-reactive ketones (excluding diaryl/α,β-unsaturated/α-hetero) is 1. The van der Waals surface area contributed by atoms with Gasteiger partial charge in [0.05, 0.1) is 6.54 Å². The minimum Gasteiger partial charge on any atom is -0.492 e. The molecule has 140 valence electrons. The van der Waals surface area contributed by atoms with Gasteiger partial charge in [0, 0.05) is 13.1 Å². The highest BCUT2D eigenvalue weighted by molar-refractivity contribution is 6.01. The van der Waals surface area contributed by atoms with Gasteiger partial charge < -0.3 is 10.5 Å². The first-order valence-electron chi connectivity index (χ1n) is 8.46. The van der Waals surface area contributed by atoms with Crippen molar-refractivity contribution in [2.45, 2.75) is 19.9 Å². The molecule has 0 unspecified atom stereocenters. The first-order chi connectivity index (χ1) is 12.4. The quantitative estimate of drug-likeness (QED) is 0.638. The number of anilines is 1. The molecular formula is C18H24N4O4. The van der Waals surface area contributed by atoms with E-state index in [9.17, 15) is 14.4 Å². The van der Waals surface area contributed by atoms with Crippen LogP contribution < -0.4 is 21.7 Å². The van der Waals surface area contributed by atoms with E-state index in [1.54, 1.807) is 11.9 Å². The summed E-state index contributed by atoms with van der Waals surface area (Å²) in [4.78, 5) is 40.2. The third-order valence-corrected chi connectivity index (χ3v) is 3.86. The lowest BCUT2D eigenvalue weighted by Crippen LogP contribution is -2.39. The minimum absolute atomic E-state index is 0.00421. The molecule has 3 N–H and O–H groups in total. The number of aromatic nitrogens is 2. The summed E-state index contributed by atoms with van der Waals surface area (Å²) in [7, 11) is 1.75. The number of nitrogen functional groups attached to an aromatic ring is 1. The van der Waals surface area contributed by atoms with E-state index < -0.39 is 17.0 Å². The molecule has 0 saturated heterocycles. The monoisotopic (exact) mass is 360 g/mol. The van der Waals surface area contributed by atoms with Crippen LogP contribution in [0.4, 0.5) is 5.82 Å². The van der Waals surface area contributed by atoms with Gasteiger partial charge in [0.2, 0.25) is 0 Å². The van der Waals surface area contributed by atoms with Crippen LogP contribution in [-0.4, -0.2) is 47.0 Å². The van der Waals surface area contributed by atoms with Gasteiger partial charge in [0.25, 0.3) is 5.56 Å². The number of ether oxygens (including phenoxy) is 1. The minimum atomic E-state index is -0.751. The lowest BCUT2D eigenvalue weighted by molar-refractivity contribution is 0.0937. The van der Waals surface area contributed by atoms with Crippen molar-refractivity contribution in [2.75, 3.05) is 32.5 Å². The lowest BCUT2D eigenvalue weighted by atomic mass is 10.2. The Morgan fingerprint density at radius 2 is 1.96 bits per heavy atom. The fourth-order valence-corrected chi connectivity index (χ4v) is 2.54. The van der Waals surface area contributed by atoms with Crippen molar-refractivity contribution in [2.24, 2.45) is 0 Å². The SMILES string of the molecule is CCCn1c(N)c(C(=O)CN(C)CCOc2ccccc2)c(=O)[nH]c1=O. The van der Waals surface area contributed by atoms with Crippen LogP contribution in [0.2, 0.25) is 0 Å². The molecule has 0 aliphatic heterocycles. The third-order valence-electron chi connectivity index (χ3n) is 3.86. The van der Waals surface area contributed by atoms with Crippen molar-refractivity contribution in [3.05, 3.63) is 56.7 Å². The number of rotatable bonds is 9. The number of carbonyl (C=O) groups is 1. The molecular weight excluding hydrogens is 336 g/mol. The number of hydrogen-bond donors (Lipinski definition) is 2. The van der Waals surface area contributed by atoms with Crippen LogP contribution in [-0.2, 0) is 6.54 Å². The smallest absolute Gasteiger partial charge is 0.329 e. The number of nitrogens with two attached hydrogens (primary N) is 1. The molecule has 1 heterocycles. The maximum absolute atomic E-state index is 12.5. The molecule has 2 rings (SSSR count). The van der Waals surface area contributed by atoms with E-state index in [2.05, 4.69) is 4.98 Å². The standard InChI is InChI=1S/C18H24N4O4/c1-3-9-22-16(19)15(17(24)20-18(22)25)14(23)12-21(2)10-11-26-13-7-5-4-6-8-13/h4-8H,3,9-12,19H2,1-2H3,(H,20,24,25). The highest BCUT2D eigenvalue weighted by atomic mass is 16.5. The number of para-hydroxylation sites is 1. The Kier molecular flexibility index (Phi) is 6.74. The number of carbonyl (C=O) groups excluding carboxylic acids is 1. The van der Waals surface area contributed by atoms with E-state index in [1.165, 1.54) is 4.57 Å². The molecule has 2 aromatic rings. The Morgan fingerprint density at radius 1 is 1.27 bits per heavy atom. The first-order valence-corrected chi connectivity index (χ1v) is 8.46. The lowest BCUT2D eigenvalue weighted by Gasteiger charge is -2.17. The molecule has 0 amide bonds. The summed E-state index contributed by atoms with van der Waals surface area (Å²) in [5, 5.41) is 0. The van der Waals surface area contributed by atoms with E-state index in [0.717, 1.165) is 5.75 Å². The Labute approximate surface area is 151 Å². The zero-order chi connectivity index (χ0) is 19.1. The zero-order valence-electron chi connectivity index (χ0n) is 15.0. The Balaban J connectivity index is 2.01. The van der Waals surface area contributed by atoms with E-state index in [1.807, 2.05) is 37.3 Å². The largest absolute Gasteiger partial charge is 0.492 e. The van der Waals surface area contributed by atoms with Gasteiger partial charge in [0.15, 0.2) is 5.78 Å². The van der Waals surface area contributed by atoms with Crippen molar-refractivity contribution < 1.29 is 9.53 Å². The molecule has 0 radical (unpaired) electrons. The van der Waals surface area contributed by atoms with Crippen molar-refractivity contribution in [3.8, 4) is 5.75 Å². The molecule has 26 heavy (non-hydrogen) atoms. The molecule has 0 aliphatic carbocycles. The zero-order valence-corrected chi connectivity index (χ0v) is 15.0. The molecule has 0 spiro atoms. The number of aromatic amines is 1. The predicted molar refractivity (Wildman–Crippen MR) is 99.8 cm³/mol. The molecule has 0 saturated carbocycles. The van der Waals surface area contributed by atoms with Crippen LogP contribution in [0.3, 0.4) is 0 Å². The van der Waals surface area contributed by atoms with E-state index in [4.69, 9.17) is 10.5 Å². The fraction of sp³-hybridized carbons (Fsp3) is 0.389. The van der Waals surface area contributed by atoms with Crippen LogP contribution in [0.5, 0.6) is 5.75 Å². The second-order valence-electron chi connectivity index (χ2n) is 5.99. The van der Waals surface area contributed by atoms with Crippen LogP contribution >= 0.6 is 0 Å². The molecule has 1 aromatic carbocycles. The van der Waals surface area contributed by atoms with E-state index in [-0.39, 0.29) is 17.9 Å². The van der Waals surface area contributed by atoms with Gasteiger partial charge in [-0.3, -0.25) is 24.0 Å². The van der Waals surface area contributed by atoms with Crippen molar-refractivity contribution >= 4 is 11.6 Å². The van der Waals surface area contributed by atoms with Gasteiger partial charge in [-0.1, -0.05) is 25.1 Å². The Hall–Kier alpha value is -2.87. The Morgan fingerprint density at radius 3 is 2.62 bits per heavy atom. The van der Waals surface area contributed by atoms with Gasteiger partial charge in [-0.15, -0.1) is 0 Å². The number of benzene rings is 1. The number of ketones is 1. The second kappa shape index (κ2) is 9.00. The van der Waals surface area contributed by atoms with Gasteiger partial charge >= 0.3 is 5.69 Å². The molecule has 1 aromatic heterocycles. The first kappa shape index (κ1) is 19.5. The van der Waals surface area contributed by atoms with Crippen LogP contribution in [0.25, 0.3) is 0 Å². The van der Waals surface area contributed by atoms with Crippen molar-refractivity contribution in [3.63, 3.8) is 0 Å². The average molecular weight is 360 g/mol. The topological polar surface area (TPSA) is 110 Å². The van der Waals surface area contributed by atoms with Crippen LogP contribution in [0, 0.1) is 0 Å². The number of nitrogens with one attached hydrogen (secondary N) is 1. The molecule has 0 atom stereocenters. The van der Waals surface area contributed by atoms with Crippen LogP contribution in [0.1, 0.15) is 23.7 Å². The summed E-state index contributed by atoms with van der Waals surface area (Å²) < 4.78 is 6.80. The van der Waals surface area contributed by atoms with E-state index in [0.29, 0.717) is 26.1 Å². The normalized spacial score (nSPS) is 10.9. The maximum atomic E-state index is 12.5. The summed E-state index contributed by atoms with van der Waals surface area (Å²) in [5.74, 6) is 0.231. The van der Waals surface area contributed by atoms with Gasteiger partial charge in [-0.25, -0.2) is 4.79 Å². The number of likely N-dealkylation sites (N-methyl/N-ethyl adjacent to an activating group) is 1. The van der Waals surface area contributed by atoms with Crippen molar-refractivity contribution in [1.29, 1.82) is 0 Å². The molecule has 0 aliphatic rings. The number of hydrogen-bond acceptors (Lipinski definition) is 6. The summed E-state index contributed by atoms with van der Waals surface area (Å²) in [5.41, 5.74) is 4.38. The van der Waals surface area contributed by atoms with Gasteiger partial charge in [-0.05, 0) is 25.6 Å². The van der Waals surface area contributed by atoms with Gasteiger partial charge in [0.1, 0.15) is 23.7 Å². The van der Waals surface area contributed by atoms with Crippen LogP contribution in [0.15, 0.2) is 39.9 Å². The molecule has 8 heteroatoms. The summed E-state index contributed by atoms with van der Waals surface area (Å²) in [6.45, 7) is 3.10. The predicted octanol–water partition coefficient (Wildman–Crippen LogP) is 0.722.